The summed E-state index contributed by atoms with van der Waals surface area (Å²) >= 11 is 0. The van der Waals surface area contributed by atoms with E-state index in [2.05, 4.69) is 10.5 Å². The molecule has 6 nitrogen and oxygen atoms in total. The van der Waals surface area contributed by atoms with Crippen LogP contribution in [-0.4, -0.2) is 48.8 Å². The molecule has 1 aromatic rings. The predicted octanol–water partition coefficient (Wildman–Crippen LogP) is 1.03. The third-order valence-corrected chi connectivity index (χ3v) is 2.85. The van der Waals surface area contributed by atoms with Gasteiger partial charge in [0.1, 0.15) is 5.76 Å². The standard InChI is InChI=1S/C12H19N3O3/c1-9-6-11(14-18-9)13-12(16)8-15(2)7-10-4-3-5-17-10/h6,10H,3-5,7-8H2,1-2H3,(H,13,14,16). The second-order valence-corrected chi connectivity index (χ2v) is 4.70. The fourth-order valence-electron chi connectivity index (χ4n) is 2.05. The van der Waals surface area contributed by atoms with Crippen molar-refractivity contribution in [2.45, 2.75) is 25.9 Å². The van der Waals surface area contributed by atoms with Crippen molar-refractivity contribution in [3.05, 3.63) is 11.8 Å². The van der Waals surface area contributed by atoms with E-state index in [9.17, 15) is 4.79 Å². The van der Waals surface area contributed by atoms with Crippen molar-refractivity contribution >= 4 is 11.7 Å². The molecule has 0 aromatic carbocycles. The van der Waals surface area contributed by atoms with Gasteiger partial charge in [0, 0.05) is 19.2 Å². The number of ether oxygens (including phenoxy) is 1. The van der Waals surface area contributed by atoms with Gasteiger partial charge in [0.05, 0.1) is 12.6 Å². The topological polar surface area (TPSA) is 67.6 Å². The Labute approximate surface area is 106 Å². The van der Waals surface area contributed by atoms with Crippen molar-refractivity contribution in [1.29, 1.82) is 0 Å². The Morgan fingerprint density at radius 3 is 3.11 bits per heavy atom. The van der Waals surface area contributed by atoms with Crippen molar-refractivity contribution in [3.63, 3.8) is 0 Å². The average molecular weight is 253 g/mol. The molecule has 1 N–H and O–H groups in total. The lowest BCUT2D eigenvalue weighted by Crippen LogP contribution is -2.35. The van der Waals surface area contributed by atoms with Gasteiger partial charge < -0.3 is 14.6 Å². The molecule has 1 aromatic heterocycles. The molecular weight excluding hydrogens is 234 g/mol. The zero-order chi connectivity index (χ0) is 13.0. The van der Waals surface area contributed by atoms with Crippen LogP contribution in [0.3, 0.4) is 0 Å². The molecule has 2 heterocycles. The van der Waals surface area contributed by atoms with Crippen LogP contribution < -0.4 is 5.32 Å². The molecule has 6 heteroatoms. The lowest BCUT2D eigenvalue weighted by Gasteiger charge is -2.19. The molecule has 1 aliphatic heterocycles. The minimum Gasteiger partial charge on any atom is -0.377 e. The normalized spacial score (nSPS) is 19.4. The van der Waals surface area contributed by atoms with Crippen molar-refractivity contribution in [3.8, 4) is 0 Å². The monoisotopic (exact) mass is 253 g/mol. The number of likely N-dealkylation sites (N-methyl/N-ethyl adjacent to an activating group) is 1. The van der Waals surface area contributed by atoms with Gasteiger partial charge >= 0.3 is 0 Å². The number of nitrogens with zero attached hydrogens (tertiary/aromatic N) is 2. The van der Waals surface area contributed by atoms with Gasteiger partial charge in [-0.1, -0.05) is 5.16 Å². The molecule has 0 radical (unpaired) electrons. The minimum atomic E-state index is -0.0937. The van der Waals surface area contributed by atoms with E-state index in [0.29, 0.717) is 18.1 Å². The molecular formula is C12H19N3O3. The first-order valence-electron chi connectivity index (χ1n) is 6.17. The molecule has 1 unspecified atom stereocenters. The molecule has 18 heavy (non-hydrogen) atoms. The first-order valence-corrected chi connectivity index (χ1v) is 6.17. The fourth-order valence-corrected chi connectivity index (χ4v) is 2.05. The van der Waals surface area contributed by atoms with Crippen molar-refractivity contribution < 1.29 is 14.1 Å². The van der Waals surface area contributed by atoms with Crippen LogP contribution in [0.4, 0.5) is 5.82 Å². The zero-order valence-electron chi connectivity index (χ0n) is 10.8. The zero-order valence-corrected chi connectivity index (χ0v) is 10.8. The number of nitrogens with one attached hydrogen (secondary N) is 1. The molecule has 1 amide bonds. The fraction of sp³-hybridized carbons (Fsp3) is 0.667. The molecule has 1 aliphatic rings. The van der Waals surface area contributed by atoms with E-state index in [-0.39, 0.29) is 12.0 Å². The van der Waals surface area contributed by atoms with Crippen LogP contribution in [0.25, 0.3) is 0 Å². The third kappa shape index (κ3) is 3.82. The quantitative estimate of drug-likeness (QED) is 0.849. The Morgan fingerprint density at radius 1 is 1.67 bits per heavy atom. The number of carbonyl (C=O) groups is 1. The number of rotatable bonds is 5. The number of hydrogen-bond donors (Lipinski definition) is 1. The Bertz CT molecular complexity index is 399. The number of hydrogen-bond acceptors (Lipinski definition) is 5. The average Bonchev–Trinajstić information content (AvgIpc) is 2.90. The number of aryl methyl sites for hydroxylation is 1. The summed E-state index contributed by atoms with van der Waals surface area (Å²) in [5.74, 6) is 1.05. The van der Waals surface area contributed by atoms with E-state index in [1.165, 1.54) is 0 Å². The highest BCUT2D eigenvalue weighted by Gasteiger charge is 2.18. The van der Waals surface area contributed by atoms with Crippen LogP contribution in [0, 0.1) is 6.92 Å². The van der Waals surface area contributed by atoms with Gasteiger partial charge in [-0.15, -0.1) is 0 Å². The van der Waals surface area contributed by atoms with Crippen LogP contribution in [-0.2, 0) is 9.53 Å². The molecule has 0 aliphatic carbocycles. The summed E-state index contributed by atoms with van der Waals surface area (Å²) < 4.78 is 10.4. The van der Waals surface area contributed by atoms with E-state index in [1.807, 2.05) is 11.9 Å². The molecule has 2 rings (SSSR count). The van der Waals surface area contributed by atoms with Crippen molar-refractivity contribution in [2.24, 2.45) is 0 Å². The van der Waals surface area contributed by atoms with Crippen molar-refractivity contribution in [2.75, 3.05) is 32.1 Å². The van der Waals surface area contributed by atoms with Gasteiger partial charge in [-0.25, -0.2) is 0 Å². The van der Waals surface area contributed by atoms with Gasteiger partial charge in [0.2, 0.25) is 5.91 Å². The lowest BCUT2D eigenvalue weighted by molar-refractivity contribution is -0.117. The second-order valence-electron chi connectivity index (χ2n) is 4.70. The molecule has 0 bridgehead atoms. The van der Waals surface area contributed by atoms with E-state index in [0.717, 1.165) is 26.0 Å². The summed E-state index contributed by atoms with van der Waals surface area (Å²) in [7, 11) is 1.91. The van der Waals surface area contributed by atoms with E-state index < -0.39 is 0 Å². The maximum Gasteiger partial charge on any atom is 0.239 e. The molecule has 1 fully saturated rings. The van der Waals surface area contributed by atoms with Gasteiger partial charge in [-0.05, 0) is 26.8 Å². The van der Waals surface area contributed by atoms with Crippen LogP contribution in [0.5, 0.6) is 0 Å². The first kappa shape index (κ1) is 13.0. The van der Waals surface area contributed by atoms with Gasteiger partial charge in [-0.2, -0.15) is 0 Å². The summed E-state index contributed by atoms with van der Waals surface area (Å²) in [5.41, 5.74) is 0. The Morgan fingerprint density at radius 2 is 2.50 bits per heavy atom. The van der Waals surface area contributed by atoms with E-state index in [4.69, 9.17) is 9.26 Å². The van der Waals surface area contributed by atoms with E-state index >= 15 is 0 Å². The van der Waals surface area contributed by atoms with Crippen LogP contribution >= 0.6 is 0 Å². The van der Waals surface area contributed by atoms with Gasteiger partial charge in [-0.3, -0.25) is 9.69 Å². The van der Waals surface area contributed by atoms with Crippen LogP contribution in [0.2, 0.25) is 0 Å². The number of anilines is 1. The highest BCUT2D eigenvalue weighted by Crippen LogP contribution is 2.12. The maximum atomic E-state index is 11.7. The molecule has 0 spiro atoms. The number of aromatic nitrogens is 1. The van der Waals surface area contributed by atoms with Crippen LogP contribution in [0.1, 0.15) is 18.6 Å². The minimum absolute atomic E-state index is 0.0937. The van der Waals surface area contributed by atoms with Gasteiger partial charge in [0.25, 0.3) is 0 Å². The Kier molecular flexibility index (Phi) is 4.33. The Balaban J connectivity index is 1.72. The summed E-state index contributed by atoms with van der Waals surface area (Å²) in [5, 5.41) is 6.41. The molecule has 100 valence electrons. The van der Waals surface area contributed by atoms with Gasteiger partial charge in [0.15, 0.2) is 5.82 Å². The van der Waals surface area contributed by atoms with Crippen molar-refractivity contribution in [1.82, 2.24) is 10.1 Å². The first-order chi connectivity index (χ1) is 8.63. The summed E-state index contributed by atoms with van der Waals surface area (Å²) in [4.78, 5) is 13.7. The second kappa shape index (κ2) is 5.97. The molecule has 0 saturated carbocycles. The van der Waals surface area contributed by atoms with Crippen LogP contribution in [0.15, 0.2) is 10.6 Å². The third-order valence-electron chi connectivity index (χ3n) is 2.85. The lowest BCUT2D eigenvalue weighted by atomic mass is 10.2. The Hall–Kier alpha value is -1.40. The maximum absolute atomic E-state index is 11.7. The summed E-state index contributed by atoms with van der Waals surface area (Å²) in [6.07, 6.45) is 2.45. The highest BCUT2D eigenvalue weighted by atomic mass is 16.5. The summed E-state index contributed by atoms with van der Waals surface area (Å²) in [6, 6.07) is 1.69. The highest BCUT2D eigenvalue weighted by molar-refractivity contribution is 5.91. The largest absolute Gasteiger partial charge is 0.377 e. The predicted molar refractivity (Wildman–Crippen MR) is 66.3 cm³/mol. The number of carbonyl (C=O) groups excluding carboxylic acids is 1. The summed E-state index contributed by atoms with van der Waals surface area (Å²) in [6.45, 7) is 3.73. The molecule has 1 atom stereocenters. The van der Waals surface area contributed by atoms with E-state index in [1.54, 1.807) is 13.0 Å². The molecule has 1 saturated heterocycles. The SMILES string of the molecule is Cc1cc(NC(=O)CN(C)CC2CCCO2)no1. The number of amides is 1. The smallest absolute Gasteiger partial charge is 0.239 e.